The molecule has 1 unspecified atom stereocenters. The summed E-state index contributed by atoms with van der Waals surface area (Å²) in [6.45, 7) is 7.13. The van der Waals surface area contributed by atoms with E-state index in [9.17, 15) is 5.11 Å². The van der Waals surface area contributed by atoms with Crippen molar-refractivity contribution in [2.45, 2.75) is 32.6 Å². The van der Waals surface area contributed by atoms with E-state index in [1.165, 1.54) is 5.56 Å². The lowest BCUT2D eigenvalue weighted by molar-refractivity contribution is 0.201. The van der Waals surface area contributed by atoms with Crippen LogP contribution in [0.2, 0.25) is 0 Å². The second-order valence-corrected chi connectivity index (χ2v) is 5.33. The standard InChI is InChI=1S/C16H25NO2/c1-3-19-16-5-4-14(10-12(16)2)15(11-18)13-6-8-17-9-7-13/h4-5,10,13,15,17-18H,3,6-9,11H2,1-2H3. The van der Waals surface area contributed by atoms with Crippen LogP contribution in [0.1, 0.15) is 36.8 Å². The molecule has 0 saturated carbocycles. The molecule has 1 fully saturated rings. The number of piperidine rings is 1. The van der Waals surface area contributed by atoms with Crippen LogP contribution < -0.4 is 10.1 Å². The van der Waals surface area contributed by atoms with Crippen molar-refractivity contribution in [3.05, 3.63) is 29.3 Å². The minimum Gasteiger partial charge on any atom is -0.494 e. The van der Waals surface area contributed by atoms with E-state index in [1.54, 1.807) is 0 Å². The number of hydrogen-bond acceptors (Lipinski definition) is 3. The molecule has 0 aromatic heterocycles. The molecule has 2 N–H and O–H groups in total. The SMILES string of the molecule is CCOc1ccc(C(CO)C2CCNCC2)cc1C. The summed E-state index contributed by atoms with van der Waals surface area (Å²) in [4.78, 5) is 0. The Morgan fingerprint density at radius 2 is 2.11 bits per heavy atom. The van der Waals surface area contributed by atoms with E-state index >= 15 is 0 Å². The van der Waals surface area contributed by atoms with Gasteiger partial charge in [-0.3, -0.25) is 0 Å². The minimum atomic E-state index is 0.234. The normalized spacial score (nSPS) is 18.3. The molecule has 0 spiro atoms. The summed E-state index contributed by atoms with van der Waals surface area (Å²) in [5.41, 5.74) is 2.40. The van der Waals surface area contributed by atoms with Crippen LogP contribution in [-0.4, -0.2) is 31.4 Å². The van der Waals surface area contributed by atoms with E-state index in [0.717, 1.165) is 37.2 Å². The molecule has 0 bridgehead atoms. The Morgan fingerprint density at radius 3 is 2.68 bits per heavy atom. The molecule has 1 saturated heterocycles. The Labute approximate surface area is 116 Å². The largest absolute Gasteiger partial charge is 0.494 e. The van der Waals surface area contributed by atoms with Crippen molar-refractivity contribution in [1.82, 2.24) is 5.32 Å². The van der Waals surface area contributed by atoms with Gasteiger partial charge in [0, 0.05) is 5.92 Å². The van der Waals surface area contributed by atoms with Gasteiger partial charge in [0.1, 0.15) is 5.75 Å². The van der Waals surface area contributed by atoms with E-state index in [0.29, 0.717) is 12.5 Å². The number of aryl methyl sites for hydroxylation is 1. The smallest absolute Gasteiger partial charge is 0.122 e. The molecule has 106 valence electrons. The summed E-state index contributed by atoms with van der Waals surface area (Å²) >= 11 is 0. The highest BCUT2D eigenvalue weighted by Gasteiger charge is 2.24. The van der Waals surface area contributed by atoms with E-state index in [2.05, 4.69) is 24.4 Å². The van der Waals surface area contributed by atoms with Gasteiger partial charge in [-0.2, -0.15) is 0 Å². The molecule has 3 nitrogen and oxygen atoms in total. The quantitative estimate of drug-likeness (QED) is 0.857. The van der Waals surface area contributed by atoms with Crippen molar-refractivity contribution in [3.63, 3.8) is 0 Å². The van der Waals surface area contributed by atoms with Crippen molar-refractivity contribution >= 4 is 0 Å². The fourth-order valence-electron chi connectivity index (χ4n) is 2.99. The second kappa shape index (κ2) is 6.92. The summed E-state index contributed by atoms with van der Waals surface area (Å²) < 4.78 is 5.58. The monoisotopic (exact) mass is 263 g/mol. The molecular formula is C16H25NO2. The molecule has 1 atom stereocenters. The molecule has 1 heterocycles. The first-order valence-electron chi connectivity index (χ1n) is 7.31. The van der Waals surface area contributed by atoms with Gasteiger partial charge in [-0.1, -0.05) is 12.1 Å². The lowest BCUT2D eigenvalue weighted by Crippen LogP contribution is -2.32. The fraction of sp³-hybridized carbons (Fsp3) is 0.625. The summed E-state index contributed by atoms with van der Waals surface area (Å²) in [5, 5.41) is 13.1. The maximum absolute atomic E-state index is 9.74. The Balaban J connectivity index is 2.15. The number of benzene rings is 1. The highest BCUT2D eigenvalue weighted by atomic mass is 16.5. The third kappa shape index (κ3) is 3.48. The third-order valence-electron chi connectivity index (χ3n) is 4.08. The van der Waals surface area contributed by atoms with Gasteiger partial charge in [0.25, 0.3) is 0 Å². The van der Waals surface area contributed by atoms with Crippen LogP contribution in [0.25, 0.3) is 0 Å². The molecule has 1 aromatic rings. The van der Waals surface area contributed by atoms with Gasteiger partial charge in [0.2, 0.25) is 0 Å². The highest BCUT2D eigenvalue weighted by Crippen LogP contribution is 2.32. The van der Waals surface area contributed by atoms with Crippen molar-refractivity contribution in [2.24, 2.45) is 5.92 Å². The molecule has 2 rings (SSSR count). The van der Waals surface area contributed by atoms with Gasteiger partial charge in [0.05, 0.1) is 13.2 Å². The highest BCUT2D eigenvalue weighted by molar-refractivity contribution is 5.38. The van der Waals surface area contributed by atoms with Crippen LogP contribution in [0.15, 0.2) is 18.2 Å². The van der Waals surface area contributed by atoms with E-state index in [4.69, 9.17) is 4.74 Å². The average Bonchev–Trinajstić information content (AvgIpc) is 2.44. The number of ether oxygens (including phenoxy) is 1. The zero-order valence-electron chi connectivity index (χ0n) is 12.0. The number of aliphatic hydroxyl groups excluding tert-OH is 1. The van der Waals surface area contributed by atoms with Gasteiger partial charge in [-0.15, -0.1) is 0 Å². The van der Waals surface area contributed by atoms with Crippen molar-refractivity contribution in [2.75, 3.05) is 26.3 Å². The molecular weight excluding hydrogens is 238 g/mol. The molecule has 3 heteroatoms. The minimum absolute atomic E-state index is 0.234. The van der Waals surface area contributed by atoms with E-state index < -0.39 is 0 Å². The lowest BCUT2D eigenvalue weighted by atomic mass is 9.80. The Kier molecular flexibility index (Phi) is 5.23. The summed E-state index contributed by atoms with van der Waals surface area (Å²) in [6.07, 6.45) is 2.30. The predicted octanol–water partition coefficient (Wildman–Crippen LogP) is 2.47. The Bertz CT molecular complexity index is 400. The number of hydrogen-bond donors (Lipinski definition) is 2. The van der Waals surface area contributed by atoms with Crippen LogP contribution in [0.4, 0.5) is 0 Å². The number of nitrogens with one attached hydrogen (secondary N) is 1. The topological polar surface area (TPSA) is 41.5 Å². The van der Waals surface area contributed by atoms with Gasteiger partial charge < -0.3 is 15.2 Å². The first-order chi connectivity index (χ1) is 9.26. The molecule has 0 radical (unpaired) electrons. The van der Waals surface area contributed by atoms with Crippen LogP contribution in [-0.2, 0) is 0 Å². The molecule has 0 aliphatic carbocycles. The third-order valence-corrected chi connectivity index (χ3v) is 4.08. The number of rotatable bonds is 5. The molecule has 0 amide bonds. The molecule has 1 aliphatic heterocycles. The van der Waals surface area contributed by atoms with Gasteiger partial charge in [-0.05, 0) is 62.9 Å². The molecule has 19 heavy (non-hydrogen) atoms. The summed E-state index contributed by atoms with van der Waals surface area (Å²) in [5.74, 6) is 1.80. The van der Waals surface area contributed by atoms with Gasteiger partial charge in [0.15, 0.2) is 0 Å². The van der Waals surface area contributed by atoms with Crippen molar-refractivity contribution in [3.8, 4) is 5.75 Å². The maximum Gasteiger partial charge on any atom is 0.122 e. The van der Waals surface area contributed by atoms with E-state index in [1.807, 2.05) is 13.0 Å². The van der Waals surface area contributed by atoms with Gasteiger partial charge in [-0.25, -0.2) is 0 Å². The fourth-order valence-corrected chi connectivity index (χ4v) is 2.99. The molecule has 1 aromatic carbocycles. The molecule has 1 aliphatic rings. The predicted molar refractivity (Wildman–Crippen MR) is 77.8 cm³/mol. The van der Waals surface area contributed by atoms with E-state index in [-0.39, 0.29) is 12.5 Å². The van der Waals surface area contributed by atoms with Gasteiger partial charge >= 0.3 is 0 Å². The van der Waals surface area contributed by atoms with Crippen LogP contribution >= 0.6 is 0 Å². The zero-order valence-corrected chi connectivity index (χ0v) is 12.0. The van der Waals surface area contributed by atoms with Crippen LogP contribution in [0.3, 0.4) is 0 Å². The summed E-state index contributed by atoms with van der Waals surface area (Å²) in [6, 6.07) is 6.33. The average molecular weight is 263 g/mol. The summed E-state index contributed by atoms with van der Waals surface area (Å²) in [7, 11) is 0. The zero-order chi connectivity index (χ0) is 13.7. The first kappa shape index (κ1) is 14.4. The second-order valence-electron chi connectivity index (χ2n) is 5.33. The maximum atomic E-state index is 9.74. The number of aliphatic hydroxyl groups is 1. The lowest BCUT2D eigenvalue weighted by Gasteiger charge is -2.30. The first-order valence-corrected chi connectivity index (χ1v) is 7.31. The van der Waals surface area contributed by atoms with Crippen molar-refractivity contribution < 1.29 is 9.84 Å². The Hall–Kier alpha value is -1.06. The van der Waals surface area contributed by atoms with Crippen LogP contribution in [0, 0.1) is 12.8 Å². The Morgan fingerprint density at radius 1 is 1.37 bits per heavy atom. The van der Waals surface area contributed by atoms with Crippen molar-refractivity contribution in [1.29, 1.82) is 0 Å². The van der Waals surface area contributed by atoms with Crippen LogP contribution in [0.5, 0.6) is 5.75 Å².